The first-order chi connectivity index (χ1) is 9.30. The van der Waals surface area contributed by atoms with Crippen molar-refractivity contribution in [2.45, 2.75) is 57.6 Å². The van der Waals surface area contributed by atoms with Crippen molar-refractivity contribution in [2.75, 3.05) is 6.54 Å². The Kier molecular flexibility index (Phi) is 4.33. The van der Waals surface area contributed by atoms with Gasteiger partial charge >= 0.3 is 0 Å². The molecule has 0 radical (unpaired) electrons. The Labute approximate surface area is 119 Å². The van der Waals surface area contributed by atoms with Crippen molar-refractivity contribution in [1.82, 2.24) is 5.32 Å². The number of hydrogen-bond donors (Lipinski definition) is 1. The molecule has 1 saturated carbocycles. The van der Waals surface area contributed by atoms with Gasteiger partial charge in [-0.15, -0.1) is 0 Å². The van der Waals surface area contributed by atoms with Crippen LogP contribution in [0.3, 0.4) is 0 Å². The average Bonchev–Trinajstić information content (AvgIpc) is 2.27. The fraction of sp³-hybridized carbons (Fsp3) is 0.625. The molecule has 0 amide bonds. The third-order valence-corrected chi connectivity index (χ3v) is 3.72. The van der Waals surface area contributed by atoms with Crippen LogP contribution < -0.4 is 10.1 Å². The van der Waals surface area contributed by atoms with Crippen molar-refractivity contribution in [1.29, 1.82) is 0 Å². The Morgan fingerprint density at radius 1 is 1.25 bits per heavy atom. The molecular formula is C16H23F2NO. The first kappa shape index (κ1) is 15.2. The normalized spacial score (nSPS) is 17.6. The molecule has 2 nitrogen and oxygen atoms in total. The van der Waals surface area contributed by atoms with E-state index >= 15 is 0 Å². The minimum absolute atomic E-state index is 0.0616. The highest BCUT2D eigenvalue weighted by molar-refractivity contribution is 5.26. The first-order valence-electron chi connectivity index (χ1n) is 7.19. The maximum absolute atomic E-state index is 13.7. The van der Waals surface area contributed by atoms with E-state index in [1.807, 2.05) is 0 Å². The molecule has 112 valence electrons. The Morgan fingerprint density at radius 2 is 1.95 bits per heavy atom. The van der Waals surface area contributed by atoms with Gasteiger partial charge in [-0.3, -0.25) is 0 Å². The van der Waals surface area contributed by atoms with Gasteiger partial charge in [0.2, 0.25) is 0 Å². The zero-order valence-corrected chi connectivity index (χ0v) is 12.4. The highest BCUT2D eigenvalue weighted by atomic mass is 19.1. The molecule has 0 saturated heterocycles. The van der Waals surface area contributed by atoms with Crippen molar-refractivity contribution >= 4 is 0 Å². The second kappa shape index (κ2) is 5.68. The van der Waals surface area contributed by atoms with Crippen LogP contribution in [0.1, 0.15) is 46.5 Å². The minimum Gasteiger partial charge on any atom is -0.484 e. The summed E-state index contributed by atoms with van der Waals surface area (Å²) in [6.45, 7) is 7.16. The summed E-state index contributed by atoms with van der Waals surface area (Å²) < 4.78 is 32.4. The molecule has 1 aliphatic carbocycles. The molecule has 0 bridgehead atoms. The third kappa shape index (κ3) is 3.92. The number of halogens is 2. The van der Waals surface area contributed by atoms with Gasteiger partial charge in [0.25, 0.3) is 0 Å². The molecular weight excluding hydrogens is 260 g/mol. The molecule has 1 aromatic rings. The summed E-state index contributed by atoms with van der Waals surface area (Å²) in [5.41, 5.74) is -0.233. The number of benzene rings is 1. The molecule has 20 heavy (non-hydrogen) atoms. The summed E-state index contributed by atoms with van der Waals surface area (Å²) in [6.07, 6.45) is 3.78. The topological polar surface area (TPSA) is 21.3 Å². The zero-order valence-electron chi connectivity index (χ0n) is 12.4. The monoisotopic (exact) mass is 283 g/mol. The van der Waals surface area contributed by atoms with Crippen LogP contribution in [0, 0.1) is 11.6 Å². The smallest absolute Gasteiger partial charge is 0.168 e. The highest BCUT2D eigenvalue weighted by Crippen LogP contribution is 2.40. The predicted molar refractivity (Wildman–Crippen MR) is 75.9 cm³/mol. The van der Waals surface area contributed by atoms with Gasteiger partial charge in [0.15, 0.2) is 11.6 Å². The van der Waals surface area contributed by atoms with Crippen molar-refractivity contribution in [3.63, 3.8) is 0 Å². The standard InChI is InChI=1S/C16H23F2NO/c1-15(2,3)19-10-9-16(7-4-8-16)20-14-6-5-12(17)11-13(14)18/h5-6,11,19H,4,7-10H2,1-3H3. The average molecular weight is 283 g/mol. The fourth-order valence-corrected chi connectivity index (χ4v) is 2.43. The molecule has 0 atom stereocenters. The van der Waals surface area contributed by atoms with Crippen molar-refractivity contribution in [3.05, 3.63) is 29.8 Å². The Morgan fingerprint density at radius 3 is 2.45 bits per heavy atom. The summed E-state index contributed by atoms with van der Waals surface area (Å²) in [6, 6.07) is 3.48. The Balaban J connectivity index is 1.97. The summed E-state index contributed by atoms with van der Waals surface area (Å²) in [5.74, 6) is -1.05. The largest absolute Gasteiger partial charge is 0.484 e. The molecule has 2 rings (SSSR count). The van der Waals surface area contributed by atoms with E-state index in [9.17, 15) is 8.78 Å². The van der Waals surface area contributed by atoms with Crippen molar-refractivity contribution < 1.29 is 13.5 Å². The first-order valence-corrected chi connectivity index (χ1v) is 7.19. The molecule has 0 aromatic heterocycles. The van der Waals surface area contributed by atoms with Crippen LogP contribution in [0.25, 0.3) is 0 Å². The van der Waals surface area contributed by atoms with Crippen LogP contribution in [0.2, 0.25) is 0 Å². The van der Waals surface area contributed by atoms with E-state index in [1.165, 1.54) is 12.1 Å². The van der Waals surface area contributed by atoms with Gasteiger partial charge in [0.05, 0.1) is 0 Å². The van der Waals surface area contributed by atoms with Crippen LogP contribution in [0.5, 0.6) is 5.75 Å². The Bertz CT molecular complexity index is 464. The molecule has 0 unspecified atom stereocenters. The molecule has 1 aromatic carbocycles. The SMILES string of the molecule is CC(C)(C)NCCC1(Oc2ccc(F)cc2F)CCC1. The van der Waals surface area contributed by atoms with Gasteiger partial charge < -0.3 is 10.1 Å². The number of nitrogens with one attached hydrogen (secondary N) is 1. The van der Waals surface area contributed by atoms with Crippen LogP contribution in [-0.2, 0) is 0 Å². The van der Waals surface area contributed by atoms with Crippen LogP contribution in [-0.4, -0.2) is 17.7 Å². The lowest BCUT2D eigenvalue weighted by molar-refractivity contribution is -0.0182. The Hall–Kier alpha value is -1.16. The van der Waals surface area contributed by atoms with E-state index in [0.717, 1.165) is 38.3 Å². The van der Waals surface area contributed by atoms with Gasteiger partial charge in [-0.1, -0.05) is 0 Å². The molecule has 4 heteroatoms. The third-order valence-electron chi connectivity index (χ3n) is 3.72. The minimum atomic E-state index is -0.625. The maximum Gasteiger partial charge on any atom is 0.168 e. The van der Waals surface area contributed by atoms with Gasteiger partial charge in [-0.2, -0.15) is 0 Å². The van der Waals surface area contributed by atoms with E-state index in [0.29, 0.717) is 0 Å². The summed E-state index contributed by atoms with van der Waals surface area (Å²) in [5, 5.41) is 3.42. The van der Waals surface area contributed by atoms with Crippen LogP contribution >= 0.6 is 0 Å². The molecule has 0 spiro atoms. The predicted octanol–water partition coefficient (Wildman–Crippen LogP) is 4.04. The van der Waals surface area contributed by atoms with E-state index in [4.69, 9.17) is 4.74 Å². The quantitative estimate of drug-likeness (QED) is 0.880. The molecule has 0 heterocycles. The molecule has 1 N–H and O–H groups in total. The summed E-state index contributed by atoms with van der Waals surface area (Å²) >= 11 is 0. The van der Waals surface area contributed by atoms with E-state index in [1.54, 1.807) is 0 Å². The van der Waals surface area contributed by atoms with Crippen molar-refractivity contribution in [2.24, 2.45) is 0 Å². The van der Waals surface area contributed by atoms with Crippen LogP contribution in [0.4, 0.5) is 8.78 Å². The van der Waals surface area contributed by atoms with Gasteiger partial charge in [-0.05, 0) is 65.1 Å². The lowest BCUT2D eigenvalue weighted by Crippen LogP contribution is -2.47. The number of rotatable bonds is 5. The number of ether oxygens (including phenoxy) is 1. The molecule has 1 fully saturated rings. The van der Waals surface area contributed by atoms with E-state index < -0.39 is 11.6 Å². The highest BCUT2D eigenvalue weighted by Gasteiger charge is 2.39. The summed E-state index contributed by atoms with van der Waals surface area (Å²) in [4.78, 5) is 0. The molecule has 0 aliphatic heterocycles. The molecule has 1 aliphatic rings. The van der Waals surface area contributed by atoms with Gasteiger partial charge in [0.1, 0.15) is 11.4 Å². The number of hydrogen-bond acceptors (Lipinski definition) is 2. The van der Waals surface area contributed by atoms with Crippen LogP contribution in [0.15, 0.2) is 18.2 Å². The summed E-state index contributed by atoms with van der Waals surface area (Å²) in [7, 11) is 0. The fourth-order valence-electron chi connectivity index (χ4n) is 2.43. The zero-order chi connectivity index (χ0) is 14.8. The lowest BCUT2D eigenvalue weighted by atomic mass is 9.77. The lowest BCUT2D eigenvalue weighted by Gasteiger charge is -2.42. The van der Waals surface area contributed by atoms with E-state index in [-0.39, 0.29) is 16.9 Å². The van der Waals surface area contributed by atoms with Crippen molar-refractivity contribution in [3.8, 4) is 5.75 Å². The second-order valence-corrected chi connectivity index (χ2v) is 6.64. The van der Waals surface area contributed by atoms with Gasteiger partial charge in [0, 0.05) is 11.6 Å². The second-order valence-electron chi connectivity index (χ2n) is 6.64. The maximum atomic E-state index is 13.7. The van der Waals surface area contributed by atoms with Gasteiger partial charge in [-0.25, -0.2) is 8.78 Å². The van der Waals surface area contributed by atoms with E-state index in [2.05, 4.69) is 26.1 Å².